The lowest BCUT2D eigenvalue weighted by Crippen LogP contribution is -2.60. The van der Waals surface area contributed by atoms with Gasteiger partial charge >= 0.3 is 5.97 Å². The third-order valence-corrected chi connectivity index (χ3v) is 7.27. The molecular formula is C20H30O4. The Bertz CT molecular complexity index is 592. The molecular weight excluding hydrogens is 304 g/mol. The molecule has 1 unspecified atom stereocenters. The number of carbonyl (C=O) groups excluding carboxylic acids is 1. The van der Waals surface area contributed by atoms with E-state index in [-0.39, 0.29) is 17.3 Å². The molecule has 4 atom stereocenters. The molecule has 1 aliphatic heterocycles. The van der Waals surface area contributed by atoms with Crippen molar-refractivity contribution in [3.63, 3.8) is 0 Å². The minimum atomic E-state index is -0.840. The lowest BCUT2D eigenvalue weighted by Gasteiger charge is -2.60. The minimum absolute atomic E-state index is 0.00890. The Hall–Kier alpha value is -1.16. The fourth-order valence-corrected chi connectivity index (χ4v) is 6.08. The second kappa shape index (κ2) is 5.42. The van der Waals surface area contributed by atoms with E-state index in [1.165, 1.54) is 6.42 Å². The largest absolute Gasteiger partial charge is 0.481 e. The summed E-state index contributed by atoms with van der Waals surface area (Å²) in [6.07, 6.45) is 8.72. The number of ether oxygens (including phenoxy) is 1. The average molecular weight is 334 g/mol. The molecule has 134 valence electrons. The number of hydrogen-bond donors (Lipinski definition) is 1. The van der Waals surface area contributed by atoms with Gasteiger partial charge in [-0.05, 0) is 50.4 Å². The molecule has 0 bridgehead atoms. The second-order valence-corrected chi connectivity index (χ2v) is 9.27. The minimum Gasteiger partial charge on any atom is -0.481 e. The van der Waals surface area contributed by atoms with Gasteiger partial charge in [0.15, 0.2) is 0 Å². The van der Waals surface area contributed by atoms with Gasteiger partial charge in [0.25, 0.3) is 0 Å². The van der Waals surface area contributed by atoms with Crippen molar-refractivity contribution in [2.24, 2.45) is 16.7 Å². The molecule has 1 saturated heterocycles. The average Bonchev–Trinajstić information content (AvgIpc) is 2.79. The van der Waals surface area contributed by atoms with Crippen LogP contribution in [0.15, 0.2) is 11.6 Å². The zero-order valence-electron chi connectivity index (χ0n) is 15.4. The van der Waals surface area contributed by atoms with Crippen LogP contribution in [0.3, 0.4) is 0 Å². The van der Waals surface area contributed by atoms with Gasteiger partial charge in [-0.3, -0.25) is 9.59 Å². The lowest BCUT2D eigenvalue weighted by molar-refractivity contribution is -0.193. The van der Waals surface area contributed by atoms with E-state index in [9.17, 15) is 14.7 Å². The molecule has 3 rings (SSSR count). The Labute approximate surface area is 144 Å². The zero-order chi connectivity index (χ0) is 17.8. The summed E-state index contributed by atoms with van der Waals surface area (Å²) in [5.41, 5.74) is -0.483. The molecule has 1 saturated carbocycles. The smallest absolute Gasteiger partial charge is 0.306 e. The van der Waals surface area contributed by atoms with E-state index >= 15 is 0 Å². The first kappa shape index (κ1) is 17.7. The van der Waals surface area contributed by atoms with Gasteiger partial charge in [-0.15, -0.1) is 0 Å². The fraction of sp³-hybridized carbons (Fsp3) is 0.800. The number of allylic oxidation sites excluding steroid dienone is 1. The molecule has 0 amide bonds. The number of carboxylic acids is 1. The van der Waals surface area contributed by atoms with Crippen LogP contribution in [0, 0.1) is 16.7 Å². The molecule has 0 aromatic rings. The van der Waals surface area contributed by atoms with Crippen LogP contribution in [0.25, 0.3) is 0 Å². The molecule has 2 aliphatic carbocycles. The third-order valence-electron chi connectivity index (χ3n) is 7.27. The summed E-state index contributed by atoms with van der Waals surface area (Å²) in [5, 5.41) is 9.26. The van der Waals surface area contributed by atoms with E-state index in [1.54, 1.807) is 0 Å². The summed E-state index contributed by atoms with van der Waals surface area (Å²) in [5.74, 6) is -0.387. The van der Waals surface area contributed by atoms with Crippen LogP contribution >= 0.6 is 0 Å². The maximum Gasteiger partial charge on any atom is 0.306 e. The summed E-state index contributed by atoms with van der Waals surface area (Å²) in [6.45, 7) is 8.82. The maximum atomic E-state index is 11.9. The van der Waals surface area contributed by atoms with Crippen LogP contribution < -0.4 is 0 Å². The van der Waals surface area contributed by atoms with Crippen LogP contribution in [0.5, 0.6) is 0 Å². The van der Waals surface area contributed by atoms with Crippen molar-refractivity contribution in [3.8, 4) is 0 Å². The van der Waals surface area contributed by atoms with Crippen LogP contribution in [0.4, 0.5) is 0 Å². The summed E-state index contributed by atoms with van der Waals surface area (Å²) in [6, 6.07) is 0. The van der Waals surface area contributed by atoms with Crippen molar-refractivity contribution in [3.05, 3.63) is 11.6 Å². The zero-order valence-corrected chi connectivity index (χ0v) is 15.4. The van der Waals surface area contributed by atoms with E-state index in [2.05, 4.69) is 26.8 Å². The lowest BCUT2D eigenvalue weighted by atomic mass is 9.46. The van der Waals surface area contributed by atoms with Gasteiger partial charge in [-0.1, -0.05) is 33.3 Å². The Morgan fingerprint density at radius 1 is 1.25 bits per heavy atom. The maximum absolute atomic E-state index is 11.9. The van der Waals surface area contributed by atoms with Gasteiger partial charge < -0.3 is 9.84 Å². The number of carboxylic acid groups (broad SMARTS) is 1. The van der Waals surface area contributed by atoms with Gasteiger partial charge in [0.05, 0.1) is 12.0 Å². The van der Waals surface area contributed by atoms with Gasteiger partial charge in [-0.25, -0.2) is 0 Å². The quantitative estimate of drug-likeness (QED) is 0.788. The summed E-state index contributed by atoms with van der Waals surface area (Å²) >= 11 is 0. The van der Waals surface area contributed by atoms with E-state index in [4.69, 9.17) is 4.74 Å². The van der Waals surface area contributed by atoms with Gasteiger partial charge in [0, 0.05) is 11.0 Å². The predicted molar refractivity (Wildman–Crippen MR) is 91.7 cm³/mol. The highest BCUT2D eigenvalue weighted by atomic mass is 16.5. The summed E-state index contributed by atoms with van der Waals surface area (Å²) in [7, 11) is 0. The van der Waals surface area contributed by atoms with Gasteiger partial charge in [-0.2, -0.15) is 0 Å². The SMILES string of the molecule is CC1(C)CCC[C@@]2(C)C1CC=C(C=O)[C@]21CC[C@@](C)(CC(=O)O)O1. The standard InChI is InChI=1S/C20H30O4/c1-17(2)8-5-9-19(4)15(17)7-6-14(13-21)20(19)11-10-18(3,24-20)12-16(22)23/h6,13,15H,5,7-12H2,1-4H3,(H,22,23)/t15?,18-,19-,20+/m0/s1. The number of aliphatic carboxylic acids is 1. The first-order valence-electron chi connectivity index (χ1n) is 9.16. The molecule has 1 N–H and O–H groups in total. The highest BCUT2D eigenvalue weighted by molar-refractivity contribution is 5.78. The highest BCUT2D eigenvalue weighted by Crippen LogP contribution is 2.66. The Morgan fingerprint density at radius 2 is 1.96 bits per heavy atom. The van der Waals surface area contributed by atoms with Crippen molar-refractivity contribution in [1.29, 1.82) is 0 Å². The highest BCUT2D eigenvalue weighted by Gasteiger charge is 2.65. The van der Waals surface area contributed by atoms with Gasteiger partial charge in [0.2, 0.25) is 0 Å². The molecule has 0 aromatic heterocycles. The van der Waals surface area contributed by atoms with Crippen LogP contribution in [-0.4, -0.2) is 28.6 Å². The van der Waals surface area contributed by atoms with E-state index < -0.39 is 17.2 Å². The Kier molecular flexibility index (Phi) is 3.99. The second-order valence-electron chi connectivity index (χ2n) is 9.27. The number of rotatable bonds is 3. The summed E-state index contributed by atoms with van der Waals surface area (Å²) in [4.78, 5) is 23.2. The van der Waals surface area contributed by atoms with E-state index in [0.717, 1.165) is 37.5 Å². The number of hydrogen-bond acceptors (Lipinski definition) is 3. The van der Waals surface area contributed by atoms with Crippen LogP contribution in [0.1, 0.15) is 72.6 Å². The third kappa shape index (κ3) is 2.37. The number of carbonyl (C=O) groups is 2. The van der Waals surface area contributed by atoms with E-state index in [1.807, 2.05) is 6.92 Å². The topological polar surface area (TPSA) is 63.6 Å². The first-order chi connectivity index (χ1) is 11.1. The van der Waals surface area contributed by atoms with Crippen molar-refractivity contribution in [2.75, 3.05) is 0 Å². The molecule has 3 aliphatic rings. The number of aldehydes is 1. The van der Waals surface area contributed by atoms with Gasteiger partial charge in [0.1, 0.15) is 11.9 Å². The summed E-state index contributed by atoms with van der Waals surface area (Å²) < 4.78 is 6.58. The predicted octanol–water partition coefficient (Wildman–Crippen LogP) is 4.13. The Morgan fingerprint density at radius 3 is 2.58 bits per heavy atom. The molecule has 24 heavy (non-hydrogen) atoms. The molecule has 1 heterocycles. The number of fused-ring (bicyclic) bond motifs is 2. The van der Waals surface area contributed by atoms with Crippen molar-refractivity contribution >= 4 is 12.3 Å². The van der Waals surface area contributed by atoms with Crippen molar-refractivity contribution in [1.82, 2.24) is 0 Å². The molecule has 4 nitrogen and oxygen atoms in total. The molecule has 4 heteroatoms. The fourth-order valence-electron chi connectivity index (χ4n) is 6.08. The molecule has 2 fully saturated rings. The monoisotopic (exact) mass is 334 g/mol. The van der Waals surface area contributed by atoms with Crippen LogP contribution in [-0.2, 0) is 14.3 Å². The normalized spacial score (nSPS) is 44.0. The molecule has 1 spiro atoms. The van der Waals surface area contributed by atoms with E-state index in [0.29, 0.717) is 12.3 Å². The first-order valence-corrected chi connectivity index (χ1v) is 9.16. The van der Waals surface area contributed by atoms with Crippen LogP contribution in [0.2, 0.25) is 0 Å². The van der Waals surface area contributed by atoms with Crippen molar-refractivity contribution < 1.29 is 19.4 Å². The van der Waals surface area contributed by atoms with Crippen molar-refractivity contribution in [2.45, 2.75) is 83.8 Å². The Balaban J connectivity index is 2.07. The molecule has 0 aromatic carbocycles. The molecule has 0 radical (unpaired) electrons.